The van der Waals surface area contributed by atoms with E-state index in [1.54, 1.807) is 0 Å². The average molecular weight is 267 g/mol. The number of amides is 1. The molecular weight excluding hydrogens is 248 g/mol. The first kappa shape index (κ1) is 13.4. The van der Waals surface area contributed by atoms with Crippen LogP contribution in [0.1, 0.15) is 30.9 Å². The predicted molar refractivity (Wildman–Crippen MR) is 73.7 cm³/mol. The topological polar surface area (TPSA) is 41.1 Å². The molecule has 0 heterocycles. The van der Waals surface area contributed by atoms with Crippen LogP contribution in [0, 0.1) is 6.92 Å². The third-order valence-corrected chi connectivity index (χ3v) is 3.57. The van der Waals surface area contributed by atoms with Gasteiger partial charge in [-0.25, -0.2) is 0 Å². The fourth-order valence-electron chi connectivity index (χ4n) is 1.66. The lowest BCUT2D eigenvalue weighted by molar-refractivity contribution is -0.122. The first-order valence-electron chi connectivity index (χ1n) is 6.35. The lowest BCUT2D eigenvalue weighted by Gasteiger charge is -2.14. The van der Waals surface area contributed by atoms with Crippen molar-refractivity contribution in [2.75, 3.05) is 0 Å². The Balaban J connectivity index is 1.82. The van der Waals surface area contributed by atoms with Crippen LogP contribution in [0.3, 0.4) is 0 Å². The molecule has 1 atom stereocenters. The molecule has 4 heteroatoms. The van der Waals surface area contributed by atoms with Crippen LogP contribution >= 0.6 is 11.6 Å². The molecule has 18 heavy (non-hydrogen) atoms. The smallest absolute Gasteiger partial charge is 0.237 e. The third kappa shape index (κ3) is 3.72. The summed E-state index contributed by atoms with van der Waals surface area (Å²) in [5.41, 5.74) is 2.16. The van der Waals surface area contributed by atoms with Gasteiger partial charge in [0.25, 0.3) is 0 Å². The molecular formula is C14H19ClN2O. The zero-order valence-corrected chi connectivity index (χ0v) is 11.6. The number of halogens is 1. The molecule has 1 saturated carbocycles. The van der Waals surface area contributed by atoms with Gasteiger partial charge in [-0.2, -0.15) is 0 Å². The highest BCUT2D eigenvalue weighted by Crippen LogP contribution is 2.19. The van der Waals surface area contributed by atoms with Crippen LogP contribution in [-0.2, 0) is 11.3 Å². The standard InChI is InChI=1S/C14H19ClN2O/c1-9-3-4-11(7-13(9)15)8-16-10(2)14(18)17-12-5-6-12/h3-4,7,10,12,16H,5-6,8H2,1-2H3,(H,17,18). The number of nitrogens with one attached hydrogen (secondary N) is 2. The monoisotopic (exact) mass is 266 g/mol. The van der Waals surface area contributed by atoms with Gasteiger partial charge >= 0.3 is 0 Å². The molecule has 1 aliphatic carbocycles. The van der Waals surface area contributed by atoms with Gasteiger partial charge < -0.3 is 10.6 Å². The van der Waals surface area contributed by atoms with Crippen molar-refractivity contribution in [2.24, 2.45) is 0 Å². The quantitative estimate of drug-likeness (QED) is 0.859. The highest BCUT2D eigenvalue weighted by Gasteiger charge is 2.25. The SMILES string of the molecule is Cc1ccc(CNC(C)C(=O)NC2CC2)cc1Cl. The normalized spacial score (nSPS) is 16.4. The lowest BCUT2D eigenvalue weighted by Crippen LogP contribution is -2.42. The molecule has 98 valence electrons. The number of carbonyl (C=O) groups excluding carboxylic acids is 1. The maximum atomic E-state index is 11.7. The Hall–Kier alpha value is -1.06. The van der Waals surface area contributed by atoms with Crippen molar-refractivity contribution < 1.29 is 4.79 Å². The summed E-state index contributed by atoms with van der Waals surface area (Å²) in [4.78, 5) is 11.7. The Kier molecular flexibility index (Phi) is 4.25. The average Bonchev–Trinajstić information content (AvgIpc) is 3.14. The molecule has 1 unspecified atom stereocenters. The van der Waals surface area contributed by atoms with Gasteiger partial charge in [0.1, 0.15) is 0 Å². The van der Waals surface area contributed by atoms with Crippen molar-refractivity contribution in [1.82, 2.24) is 10.6 Å². The first-order valence-corrected chi connectivity index (χ1v) is 6.73. The van der Waals surface area contributed by atoms with Crippen molar-refractivity contribution in [2.45, 2.75) is 45.3 Å². The molecule has 1 aliphatic rings. The molecule has 0 radical (unpaired) electrons. The second kappa shape index (κ2) is 5.72. The van der Waals surface area contributed by atoms with Gasteiger partial charge in [0.05, 0.1) is 6.04 Å². The number of benzene rings is 1. The largest absolute Gasteiger partial charge is 0.352 e. The molecule has 0 aliphatic heterocycles. The number of rotatable bonds is 5. The maximum absolute atomic E-state index is 11.7. The van der Waals surface area contributed by atoms with E-state index in [0.29, 0.717) is 12.6 Å². The van der Waals surface area contributed by atoms with E-state index in [2.05, 4.69) is 10.6 Å². The van der Waals surface area contributed by atoms with E-state index < -0.39 is 0 Å². The van der Waals surface area contributed by atoms with Gasteiger partial charge in [-0.3, -0.25) is 4.79 Å². The van der Waals surface area contributed by atoms with Gasteiger partial charge in [0.2, 0.25) is 5.91 Å². The summed E-state index contributed by atoms with van der Waals surface area (Å²) in [5, 5.41) is 6.96. The second-order valence-electron chi connectivity index (χ2n) is 4.97. The van der Waals surface area contributed by atoms with Crippen molar-refractivity contribution in [1.29, 1.82) is 0 Å². The van der Waals surface area contributed by atoms with Gasteiger partial charge in [-0.15, -0.1) is 0 Å². The fourth-order valence-corrected chi connectivity index (χ4v) is 1.87. The second-order valence-corrected chi connectivity index (χ2v) is 5.38. The summed E-state index contributed by atoms with van der Waals surface area (Å²) < 4.78 is 0. The van der Waals surface area contributed by atoms with Gasteiger partial charge in [0.15, 0.2) is 0 Å². The summed E-state index contributed by atoms with van der Waals surface area (Å²) >= 11 is 6.06. The van der Waals surface area contributed by atoms with E-state index in [1.807, 2.05) is 32.0 Å². The van der Waals surface area contributed by atoms with Crippen LogP contribution in [0.4, 0.5) is 0 Å². The van der Waals surface area contributed by atoms with Crippen LogP contribution in [0.2, 0.25) is 5.02 Å². The zero-order chi connectivity index (χ0) is 13.1. The molecule has 2 N–H and O–H groups in total. The molecule has 0 aromatic heterocycles. The number of aryl methyl sites for hydroxylation is 1. The zero-order valence-electron chi connectivity index (χ0n) is 10.8. The van der Waals surface area contributed by atoms with Crippen molar-refractivity contribution >= 4 is 17.5 Å². The molecule has 1 amide bonds. The van der Waals surface area contributed by atoms with Crippen molar-refractivity contribution in [3.05, 3.63) is 34.3 Å². The van der Waals surface area contributed by atoms with Gasteiger partial charge in [-0.05, 0) is 43.9 Å². The highest BCUT2D eigenvalue weighted by molar-refractivity contribution is 6.31. The fraction of sp³-hybridized carbons (Fsp3) is 0.500. The molecule has 1 aromatic carbocycles. The van der Waals surface area contributed by atoms with Crippen LogP contribution < -0.4 is 10.6 Å². The Morgan fingerprint density at radius 1 is 1.50 bits per heavy atom. The lowest BCUT2D eigenvalue weighted by atomic mass is 10.1. The van der Waals surface area contributed by atoms with E-state index in [4.69, 9.17) is 11.6 Å². The maximum Gasteiger partial charge on any atom is 0.237 e. The highest BCUT2D eigenvalue weighted by atomic mass is 35.5. The van der Waals surface area contributed by atoms with E-state index in [9.17, 15) is 4.79 Å². The summed E-state index contributed by atoms with van der Waals surface area (Å²) in [6.45, 7) is 4.51. The van der Waals surface area contributed by atoms with Crippen LogP contribution in [0.25, 0.3) is 0 Å². The third-order valence-electron chi connectivity index (χ3n) is 3.17. The van der Waals surface area contributed by atoms with Crippen LogP contribution in [0.15, 0.2) is 18.2 Å². The summed E-state index contributed by atoms with van der Waals surface area (Å²) in [5.74, 6) is 0.0794. The van der Waals surface area contributed by atoms with E-state index in [0.717, 1.165) is 29.0 Å². The van der Waals surface area contributed by atoms with E-state index in [1.165, 1.54) is 0 Å². The summed E-state index contributed by atoms with van der Waals surface area (Å²) in [6.07, 6.45) is 2.23. The molecule has 1 fully saturated rings. The Morgan fingerprint density at radius 2 is 2.22 bits per heavy atom. The minimum atomic E-state index is -0.175. The van der Waals surface area contributed by atoms with E-state index in [-0.39, 0.29) is 11.9 Å². The number of hydrogen-bond donors (Lipinski definition) is 2. The first-order chi connectivity index (χ1) is 8.56. The molecule has 0 bridgehead atoms. The molecule has 0 saturated heterocycles. The predicted octanol–water partition coefficient (Wildman–Crippen LogP) is 2.41. The van der Waals surface area contributed by atoms with E-state index >= 15 is 0 Å². The molecule has 3 nitrogen and oxygen atoms in total. The molecule has 1 aromatic rings. The van der Waals surface area contributed by atoms with Crippen LogP contribution in [0.5, 0.6) is 0 Å². The van der Waals surface area contributed by atoms with Gasteiger partial charge in [-0.1, -0.05) is 23.7 Å². The number of hydrogen-bond acceptors (Lipinski definition) is 2. The van der Waals surface area contributed by atoms with Crippen molar-refractivity contribution in [3.63, 3.8) is 0 Å². The Labute approximate surface area is 113 Å². The summed E-state index contributed by atoms with van der Waals surface area (Å²) in [6, 6.07) is 6.20. The Bertz CT molecular complexity index is 443. The molecule has 0 spiro atoms. The molecule has 2 rings (SSSR count). The van der Waals surface area contributed by atoms with Crippen molar-refractivity contribution in [3.8, 4) is 0 Å². The summed E-state index contributed by atoms with van der Waals surface area (Å²) in [7, 11) is 0. The number of carbonyl (C=O) groups is 1. The Morgan fingerprint density at radius 3 is 2.83 bits per heavy atom. The minimum Gasteiger partial charge on any atom is -0.352 e. The van der Waals surface area contributed by atoms with Gasteiger partial charge in [0, 0.05) is 17.6 Å². The van der Waals surface area contributed by atoms with Crippen LogP contribution in [-0.4, -0.2) is 18.0 Å². The minimum absolute atomic E-state index is 0.0794.